The van der Waals surface area contributed by atoms with Crippen LogP contribution < -0.4 is 10.9 Å². The number of aromatic nitrogens is 6. The van der Waals surface area contributed by atoms with Crippen LogP contribution >= 0.6 is 15.9 Å². The van der Waals surface area contributed by atoms with Crippen molar-refractivity contribution >= 4 is 21.6 Å². The molecule has 0 saturated heterocycles. The first kappa shape index (κ1) is 20.7. The zero-order valence-electron chi connectivity index (χ0n) is 17.8. The number of hydrogen-bond acceptors (Lipinski definition) is 5. The number of aromatic amines is 1. The van der Waals surface area contributed by atoms with E-state index in [9.17, 15) is 4.79 Å². The van der Waals surface area contributed by atoms with Crippen LogP contribution in [0.2, 0.25) is 0 Å². The Morgan fingerprint density at radius 3 is 2.44 bits per heavy atom. The standard InChI is InChI=1S/C23H24BrN7O/c1-16-20(21(32)30(27-16)18-8-4-2-5-9-18)25-23(14-6-3-7-15-23)22-26-28-29-31(22)19-12-10-17(24)11-13-19/h2,4-5,8-13,25,27H,3,6-7,14-15H2,1H3. The van der Waals surface area contributed by atoms with E-state index in [1.54, 1.807) is 9.36 Å². The summed E-state index contributed by atoms with van der Waals surface area (Å²) in [5.41, 5.74) is 2.38. The number of halogens is 1. The highest BCUT2D eigenvalue weighted by atomic mass is 79.9. The van der Waals surface area contributed by atoms with E-state index in [4.69, 9.17) is 0 Å². The molecular weight excluding hydrogens is 470 g/mol. The molecular formula is C23H24BrN7O. The number of aryl methyl sites for hydroxylation is 1. The summed E-state index contributed by atoms with van der Waals surface area (Å²) in [5, 5.41) is 19.5. The highest BCUT2D eigenvalue weighted by Gasteiger charge is 2.40. The molecule has 5 rings (SSSR count). The van der Waals surface area contributed by atoms with Crippen LogP contribution in [-0.4, -0.2) is 30.0 Å². The Hall–Kier alpha value is -3.20. The maximum absolute atomic E-state index is 13.4. The molecule has 0 amide bonds. The van der Waals surface area contributed by atoms with E-state index >= 15 is 0 Å². The summed E-state index contributed by atoms with van der Waals surface area (Å²) in [6, 6.07) is 17.5. The van der Waals surface area contributed by atoms with E-state index in [0.717, 1.165) is 59.5 Å². The predicted octanol–water partition coefficient (Wildman–Crippen LogP) is 4.48. The molecule has 1 aliphatic rings. The van der Waals surface area contributed by atoms with Gasteiger partial charge >= 0.3 is 0 Å². The Balaban J connectivity index is 1.58. The first-order chi connectivity index (χ1) is 15.6. The molecule has 8 nitrogen and oxygen atoms in total. The van der Waals surface area contributed by atoms with Gasteiger partial charge in [-0.15, -0.1) is 5.10 Å². The van der Waals surface area contributed by atoms with Crippen molar-refractivity contribution in [2.45, 2.75) is 44.6 Å². The molecule has 1 saturated carbocycles. The van der Waals surface area contributed by atoms with E-state index < -0.39 is 5.54 Å². The molecule has 164 valence electrons. The minimum atomic E-state index is -0.532. The van der Waals surface area contributed by atoms with Crippen molar-refractivity contribution in [1.29, 1.82) is 0 Å². The Labute approximate surface area is 193 Å². The van der Waals surface area contributed by atoms with Gasteiger partial charge < -0.3 is 5.32 Å². The summed E-state index contributed by atoms with van der Waals surface area (Å²) >= 11 is 3.48. The second-order valence-electron chi connectivity index (χ2n) is 8.25. The summed E-state index contributed by atoms with van der Waals surface area (Å²) in [6.45, 7) is 1.91. The molecule has 1 fully saturated rings. The summed E-state index contributed by atoms with van der Waals surface area (Å²) in [5.74, 6) is 0.728. The highest BCUT2D eigenvalue weighted by molar-refractivity contribution is 9.10. The van der Waals surface area contributed by atoms with Gasteiger partial charge in [-0.1, -0.05) is 53.4 Å². The number of H-pyrrole nitrogens is 1. The van der Waals surface area contributed by atoms with Crippen molar-refractivity contribution in [1.82, 2.24) is 30.0 Å². The van der Waals surface area contributed by atoms with Gasteiger partial charge in [0.25, 0.3) is 5.56 Å². The van der Waals surface area contributed by atoms with Gasteiger partial charge in [-0.2, -0.15) is 4.68 Å². The lowest BCUT2D eigenvalue weighted by Crippen LogP contribution is -2.41. The lowest BCUT2D eigenvalue weighted by molar-refractivity contribution is 0.309. The number of rotatable bonds is 5. The number of anilines is 1. The molecule has 2 aromatic heterocycles. The molecule has 2 heterocycles. The third-order valence-electron chi connectivity index (χ3n) is 6.13. The second kappa shape index (κ2) is 8.38. The van der Waals surface area contributed by atoms with Crippen LogP contribution in [0.1, 0.15) is 43.6 Å². The zero-order valence-corrected chi connectivity index (χ0v) is 19.3. The maximum Gasteiger partial charge on any atom is 0.294 e. The summed E-state index contributed by atoms with van der Waals surface area (Å²) in [7, 11) is 0. The first-order valence-electron chi connectivity index (χ1n) is 10.8. The average molecular weight is 494 g/mol. The molecule has 2 N–H and O–H groups in total. The molecule has 0 aliphatic heterocycles. The lowest BCUT2D eigenvalue weighted by atomic mass is 9.80. The molecule has 0 atom stereocenters. The van der Waals surface area contributed by atoms with Gasteiger partial charge in [-0.3, -0.25) is 9.89 Å². The fourth-order valence-electron chi connectivity index (χ4n) is 4.49. The van der Waals surface area contributed by atoms with E-state index in [-0.39, 0.29) is 5.56 Å². The molecule has 0 bridgehead atoms. The van der Waals surface area contributed by atoms with Crippen molar-refractivity contribution in [2.75, 3.05) is 5.32 Å². The summed E-state index contributed by atoms with van der Waals surface area (Å²) in [4.78, 5) is 13.4. The molecule has 0 unspecified atom stereocenters. The monoisotopic (exact) mass is 493 g/mol. The predicted molar refractivity (Wildman–Crippen MR) is 126 cm³/mol. The average Bonchev–Trinajstić information content (AvgIpc) is 3.42. The molecule has 9 heteroatoms. The minimum absolute atomic E-state index is 0.110. The molecule has 2 aromatic carbocycles. The van der Waals surface area contributed by atoms with E-state index in [2.05, 4.69) is 41.9 Å². The van der Waals surface area contributed by atoms with Crippen molar-refractivity contribution in [3.63, 3.8) is 0 Å². The van der Waals surface area contributed by atoms with E-state index in [1.165, 1.54) is 0 Å². The van der Waals surface area contributed by atoms with Crippen molar-refractivity contribution < 1.29 is 0 Å². The van der Waals surface area contributed by atoms with Crippen LogP contribution in [0.25, 0.3) is 11.4 Å². The first-order valence-corrected chi connectivity index (χ1v) is 11.6. The Morgan fingerprint density at radius 2 is 1.72 bits per heavy atom. The van der Waals surface area contributed by atoms with Gasteiger partial charge in [0.15, 0.2) is 5.82 Å². The third kappa shape index (κ3) is 3.66. The van der Waals surface area contributed by atoms with Gasteiger partial charge in [0.05, 0.1) is 22.6 Å². The second-order valence-corrected chi connectivity index (χ2v) is 9.16. The number of benzene rings is 2. The van der Waals surface area contributed by atoms with Crippen LogP contribution in [0.4, 0.5) is 5.69 Å². The highest BCUT2D eigenvalue weighted by Crippen LogP contribution is 2.39. The number of para-hydroxylation sites is 1. The van der Waals surface area contributed by atoms with Crippen LogP contribution in [0.5, 0.6) is 0 Å². The van der Waals surface area contributed by atoms with Crippen LogP contribution in [0.3, 0.4) is 0 Å². The minimum Gasteiger partial charge on any atom is -0.367 e. The van der Waals surface area contributed by atoms with Gasteiger partial charge in [0.2, 0.25) is 0 Å². The fraction of sp³-hybridized carbons (Fsp3) is 0.304. The molecule has 1 aliphatic carbocycles. The van der Waals surface area contributed by atoms with Gasteiger partial charge in [0, 0.05) is 4.47 Å². The smallest absolute Gasteiger partial charge is 0.294 e. The SMILES string of the molecule is Cc1[nH]n(-c2ccccc2)c(=O)c1NC1(c2nnnn2-c2ccc(Br)cc2)CCCCC1. The maximum atomic E-state index is 13.4. The Morgan fingerprint density at radius 1 is 1.00 bits per heavy atom. The lowest BCUT2D eigenvalue weighted by Gasteiger charge is -2.37. The van der Waals surface area contributed by atoms with E-state index in [0.29, 0.717) is 5.69 Å². The molecule has 0 spiro atoms. The van der Waals surface area contributed by atoms with Crippen LogP contribution in [-0.2, 0) is 5.54 Å². The summed E-state index contributed by atoms with van der Waals surface area (Å²) < 4.78 is 4.35. The van der Waals surface area contributed by atoms with E-state index in [1.807, 2.05) is 61.5 Å². The largest absolute Gasteiger partial charge is 0.367 e. The normalized spacial score (nSPS) is 15.6. The molecule has 0 radical (unpaired) electrons. The van der Waals surface area contributed by atoms with Crippen molar-refractivity contribution in [2.24, 2.45) is 0 Å². The number of tetrazole rings is 1. The number of nitrogens with one attached hydrogen (secondary N) is 2. The fourth-order valence-corrected chi connectivity index (χ4v) is 4.76. The van der Waals surface area contributed by atoms with Gasteiger partial charge in [-0.05, 0) is 66.6 Å². The van der Waals surface area contributed by atoms with Crippen molar-refractivity contribution in [3.8, 4) is 11.4 Å². The Kier molecular flexibility index (Phi) is 5.42. The van der Waals surface area contributed by atoms with Gasteiger partial charge in [0.1, 0.15) is 5.69 Å². The summed E-state index contributed by atoms with van der Waals surface area (Å²) in [6.07, 6.45) is 4.93. The molecule has 32 heavy (non-hydrogen) atoms. The topological polar surface area (TPSA) is 93.4 Å². The Bertz CT molecular complexity index is 1270. The molecule has 4 aromatic rings. The van der Waals surface area contributed by atoms with Crippen LogP contribution in [0, 0.1) is 6.92 Å². The number of hydrogen-bond donors (Lipinski definition) is 2. The van der Waals surface area contributed by atoms with Crippen molar-refractivity contribution in [3.05, 3.63) is 80.9 Å². The zero-order chi connectivity index (χ0) is 22.1. The quantitative estimate of drug-likeness (QED) is 0.427. The third-order valence-corrected chi connectivity index (χ3v) is 6.65. The van der Waals surface area contributed by atoms with Gasteiger partial charge in [-0.25, -0.2) is 4.68 Å². The van der Waals surface area contributed by atoms with Crippen LogP contribution in [0.15, 0.2) is 63.9 Å². The number of nitrogens with zero attached hydrogens (tertiary/aromatic N) is 5.